The molecule has 1 heterocycles. The highest BCUT2D eigenvalue weighted by molar-refractivity contribution is 5.54. The third kappa shape index (κ3) is 3.51. The van der Waals surface area contributed by atoms with E-state index in [1.165, 1.54) is 27.8 Å². The maximum absolute atomic E-state index is 5.97. The first-order valence-electron chi connectivity index (χ1n) is 9.39. The summed E-state index contributed by atoms with van der Waals surface area (Å²) < 4.78 is 17.3. The van der Waals surface area contributed by atoms with Crippen LogP contribution in [0.4, 0.5) is 0 Å². The predicted octanol–water partition coefficient (Wildman–Crippen LogP) is 4.34. The Labute approximate surface area is 156 Å². The van der Waals surface area contributed by atoms with Gasteiger partial charge in [0, 0.05) is 12.1 Å². The Balaban J connectivity index is 2.12. The molecule has 0 spiro atoms. The molecule has 1 aliphatic heterocycles. The molecule has 4 heteroatoms. The molecule has 0 saturated carbocycles. The Morgan fingerprint density at radius 2 is 1.58 bits per heavy atom. The number of hydrogen-bond acceptors (Lipinski definition) is 4. The zero-order valence-corrected chi connectivity index (χ0v) is 16.4. The molecule has 1 N–H and O–H groups in total. The van der Waals surface area contributed by atoms with Gasteiger partial charge < -0.3 is 19.5 Å². The number of aryl methyl sites for hydroxylation is 2. The van der Waals surface area contributed by atoms with Crippen LogP contribution in [0.15, 0.2) is 24.3 Å². The van der Waals surface area contributed by atoms with E-state index in [1.54, 1.807) is 7.11 Å². The van der Waals surface area contributed by atoms with Gasteiger partial charge in [0.05, 0.1) is 26.4 Å². The fourth-order valence-corrected chi connectivity index (χ4v) is 3.59. The van der Waals surface area contributed by atoms with Crippen molar-refractivity contribution in [2.24, 2.45) is 0 Å². The number of rotatable bonds is 6. The lowest BCUT2D eigenvalue weighted by Crippen LogP contribution is -2.31. The molecular formula is C22H29NO3. The molecule has 0 aliphatic carbocycles. The van der Waals surface area contributed by atoms with Gasteiger partial charge in [-0.25, -0.2) is 0 Å². The molecule has 0 fully saturated rings. The number of nitrogens with one attached hydrogen (secondary N) is 1. The molecule has 4 nitrogen and oxygen atoms in total. The lowest BCUT2D eigenvalue weighted by atomic mass is 9.87. The first-order chi connectivity index (χ1) is 12.6. The monoisotopic (exact) mass is 355 g/mol. The van der Waals surface area contributed by atoms with Gasteiger partial charge in [-0.2, -0.15) is 0 Å². The summed E-state index contributed by atoms with van der Waals surface area (Å²) in [6.07, 6.45) is 0.976. The minimum atomic E-state index is 0.0877. The molecule has 0 aromatic heterocycles. The van der Waals surface area contributed by atoms with Crippen LogP contribution in [0.25, 0.3) is 0 Å². The van der Waals surface area contributed by atoms with Crippen LogP contribution < -0.4 is 19.5 Å². The van der Waals surface area contributed by atoms with Crippen molar-refractivity contribution < 1.29 is 14.2 Å². The van der Waals surface area contributed by atoms with E-state index < -0.39 is 0 Å². The number of fused-ring (bicyclic) bond motifs is 1. The van der Waals surface area contributed by atoms with E-state index in [4.69, 9.17) is 14.2 Å². The molecular weight excluding hydrogens is 326 g/mol. The highest BCUT2D eigenvalue weighted by atomic mass is 16.5. The smallest absolute Gasteiger partial charge is 0.161 e. The average Bonchev–Trinajstić information content (AvgIpc) is 2.64. The largest absolute Gasteiger partial charge is 0.494 e. The van der Waals surface area contributed by atoms with Gasteiger partial charge >= 0.3 is 0 Å². The summed E-state index contributed by atoms with van der Waals surface area (Å²) >= 11 is 0. The zero-order valence-electron chi connectivity index (χ0n) is 16.4. The lowest BCUT2D eigenvalue weighted by molar-refractivity contribution is 0.309. The van der Waals surface area contributed by atoms with Crippen LogP contribution in [-0.2, 0) is 6.42 Å². The van der Waals surface area contributed by atoms with Gasteiger partial charge in [0.2, 0.25) is 0 Å². The van der Waals surface area contributed by atoms with Gasteiger partial charge in [-0.05, 0) is 74.6 Å². The van der Waals surface area contributed by atoms with Crippen molar-refractivity contribution in [1.82, 2.24) is 5.32 Å². The van der Waals surface area contributed by atoms with Gasteiger partial charge in [-0.1, -0.05) is 6.07 Å². The predicted molar refractivity (Wildman–Crippen MR) is 105 cm³/mol. The second-order valence-corrected chi connectivity index (χ2v) is 6.68. The quantitative estimate of drug-likeness (QED) is 0.836. The van der Waals surface area contributed by atoms with Gasteiger partial charge in [0.1, 0.15) is 5.75 Å². The average molecular weight is 355 g/mol. The van der Waals surface area contributed by atoms with Crippen molar-refractivity contribution in [2.45, 2.75) is 40.2 Å². The molecule has 1 atom stereocenters. The van der Waals surface area contributed by atoms with Gasteiger partial charge in [-0.3, -0.25) is 0 Å². The first kappa shape index (κ1) is 18.6. The van der Waals surface area contributed by atoms with Crippen LogP contribution in [0.5, 0.6) is 17.2 Å². The summed E-state index contributed by atoms with van der Waals surface area (Å²) in [5.41, 5.74) is 6.25. The summed E-state index contributed by atoms with van der Waals surface area (Å²) in [5.74, 6) is 2.55. The van der Waals surface area contributed by atoms with Gasteiger partial charge in [-0.15, -0.1) is 0 Å². The number of ether oxygens (including phenoxy) is 3. The second-order valence-electron chi connectivity index (χ2n) is 6.68. The topological polar surface area (TPSA) is 39.7 Å². The van der Waals surface area contributed by atoms with Crippen LogP contribution in [0.2, 0.25) is 0 Å². The van der Waals surface area contributed by atoms with Crippen molar-refractivity contribution in [2.75, 3.05) is 26.9 Å². The fraction of sp³-hybridized carbons (Fsp3) is 0.455. The van der Waals surface area contributed by atoms with E-state index in [2.05, 4.69) is 43.4 Å². The van der Waals surface area contributed by atoms with Crippen LogP contribution in [0.1, 0.15) is 47.7 Å². The minimum absolute atomic E-state index is 0.0877. The second kappa shape index (κ2) is 8.00. The molecule has 0 radical (unpaired) electrons. The minimum Gasteiger partial charge on any atom is -0.494 e. The molecule has 2 aromatic carbocycles. The van der Waals surface area contributed by atoms with Crippen LogP contribution >= 0.6 is 0 Å². The molecule has 26 heavy (non-hydrogen) atoms. The van der Waals surface area contributed by atoms with Gasteiger partial charge in [0.25, 0.3) is 0 Å². The number of hydrogen-bond donors (Lipinski definition) is 1. The van der Waals surface area contributed by atoms with Crippen LogP contribution in [-0.4, -0.2) is 26.9 Å². The van der Waals surface area contributed by atoms with Crippen molar-refractivity contribution in [1.29, 1.82) is 0 Å². The molecule has 0 bridgehead atoms. The summed E-state index contributed by atoms with van der Waals surface area (Å²) in [6, 6.07) is 8.73. The van der Waals surface area contributed by atoms with Crippen LogP contribution in [0.3, 0.4) is 0 Å². The standard InChI is InChI=1S/C22H29NO3/c1-6-25-19-11-15(4)14(3)10-18(19)22-17-13-21(26-7-2)20(24-5)12-16(17)8-9-23-22/h10-13,22-23H,6-9H2,1-5H3. The lowest BCUT2D eigenvalue weighted by Gasteiger charge is -2.30. The molecule has 1 unspecified atom stereocenters. The van der Waals surface area contributed by atoms with Crippen molar-refractivity contribution in [3.8, 4) is 17.2 Å². The Bertz CT molecular complexity index is 785. The maximum Gasteiger partial charge on any atom is 0.161 e. The van der Waals surface area contributed by atoms with E-state index in [9.17, 15) is 0 Å². The molecule has 2 aromatic rings. The Hall–Kier alpha value is -2.20. The Morgan fingerprint density at radius 1 is 0.885 bits per heavy atom. The SMILES string of the molecule is CCOc1cc2c(cc1OC)CCNC2c1cc(C)c(C)cc1OCC. The Morgan fingerprint density at radius 3 is 2.27 bits per heavy atom. The number of methoxy groups -OCH3 is 1. The fourth-order valence-electron chi connectivity index (χ4n) is 3.59. The van der Waals surface area contributed by atoms with E-state index >= 15 is 0 Å². The molecule has 3 rings (SSSR count). The van der Waals surface area contributed by atoms with Crippen molar-refractivity contribution in [3.63, 3.8) is 0 Å². The summed E-state index contributed by atoms with van der Waals surface area (Å²) in [4.78, 5) is 0. The molecule has 1 aliphatic rings. The van der Waals surface area contributed by atoms with E-state index in [0.29, 0.717) is 13.2 Å². The van der Waals surface area contributed by atoms with Crippen molar-refractivity contribution in [3.05, 3.63) is 52.1 Å². The highest BCUT2D eigenvalue weighted by Crippen LogP contribution is 2.40. The third-order valence-corrected chi connectivity index (χ3v) is 5.02. The molecule has 0 saturated heterocycles. The maximum atomic E-state index is 5.97. The van der Waals surface area contributed by atoms with Crippen molar-refractivity contribution >= 4 is 0 Å². The molecule has 140 valence electrons. The van der Waals surface area contributed by atoms with Gasteiger partial charge in [0.15, 0.2) is 11.5 Å². The normalized spacial score (nSPS) is 16.1. The zero-order chi connectivity index (χ0) is 18.7. The summed E-state index contributed by atoms with van der Waals surface area (Å²) in [7, 11) is 1.69. The van der Waals surface area contributed by atoms with E-state index in [0.717, 1.165) is 30.2 Å². The first-order valence-corrected chi connectivity index (χ1v) is 9.39. The van der Waals surface area contributed by atoms with E-state index in [-0.39, 0.29) is 6.04 Å². The highest BCUT2D eigenvalue weighted by Gasteiger charge is 2.26. The van der Waals surface area contributed by atoms with E-state index in [1.807, 2.05) is 13.8 Å². The Kier molecular flexibility index (Phi) is 5.72. The number of benzene rings is 2. The molecule has 0 amide bonds. The van der Waals surface area contributed by atoms with Crippen LogP contribution in [0, 0.1) is 13.8 Å². The third-order valence-electron chi connectivity index (χ3n) is 5.02. The summed E-state index contributed by atoms with van der Waals surface area (Å²) in [6.45, 7) is 10.5. The summed E-state index contributed by atoms with van der Waals surface area (Å²) in [5, 5.41) is 3.67.